The molecule has 0 saturated carbocycles. The van der Waals surface area contributed by atoms with Crippen LogP contribution in [0.2, 0.25) is 0 Å². The van der Waals surface area contributed by atoms with Gasteiger partial charge in [-0.05, 0) is 36.8 Å². The topological polar surface area (TPSA) is 93.8 Å². The van der Waals surface area contributed by atoms with Gasteiger partial charge in [0.15, 0.2) is 11.5 Å². The van der Waals surface area contributed by atoms with Crippen molar-refractivity contribution in [2.75, 3.05) is 17.8 Å². The smallest absolute Gasteiger partial charge is 0.337 e. The lowest BCUT2D eigenvalue weighted by molar-refractivity contribution is 0.0698. The zero-order chi connectivity index (χ0) is 15.0. The third-order valence-corrected chi connectivity index (χ3v) is 3.28. The Balaban J connectivity index is 1.93. The fourth-order valence-electron chi connectivity index (χ4n) is 2.19. The number of rotatable bonds is 3. The first-order valence-corrected chi connectivity index (χ1v) is 6.34. The van der Waals surface area contributed by atoms with Gasteiger partial charge in [0, 0.05) is 23.1 Å². The van der Waals surface area contributed by atoms with Crippen LogP contribution in [0, 0.1) is 6.92 Å². The quantitative estimate of drug-likeness (QED) is 0.751. The third-order valence-electron chi connectivity index (χ3n) is 3.28. The van der Waals surface area contributed by atoms with Gasteiger partial charge < -0.3 is 25.6 Å². The maximum absolute atomic E-state index is 11.2. The number of fused-ring (bicyclic) bond motifs is 1. The Morgan fingerprint density at radius 1 is 1.19 bits per heavy atom. The summed E-state index contributed by atoms with van der Waals surface area (Å²) in [6, 6.07) is 8.74. The molecule has 0 aliphatic carbocycles. The molecule has 0 atom stereocenters. The number of aryl methyl sites for hydroxylation is 1. The van der Waals surface area contributed by atoms with Gasteiger partial charge in [-0.3, -0.25) is 0 Å². The third kappa shape index (κ3) is 2.43. The van der Waals surface area contributed by atoms with E-state index in [0.717, 1.165) is 5.69 Å². The molecule has 2 aromatic carbocycles. The Morgan fingerprint density at radius 3 is 2.71 bits per heavy atom. The molecular weight excluding hydrogens is 272 g/mol. The lowest BCUT2D eigenvalue weighted by atomic mass is 10.1. The van der Waals surface area contributed by atoms with Crippen LogP contribution in [0.3, 0.4) is 0 Å². The maximum Gasteiger partial charge on any atom is 0.337 e. The van der Waals surface area contributed by atoms with Crippen molar-refractivity contribution in [1.82, 2.24) is 0 Å². The molecule has 0 saturated heterocycles. The summed E-state index contributed by atoms with van der Waals surface area (Å²) in [5, 5.41) is 12.3. The predicted molar refractivity (Wildman–Crippen MR) is 78.4 cm³/mol. The van der Waals surface area contributed by atoms with Gasteiger partial charge in [-0.15, -0.1) is 0 Å². The fourth-order valence-corrected chi connectivity index (χ4v) is 2.19. The highest BCUT2D eigenvalue weighted by Crippen LogP contribution is 2.35. The minimum Gasteiger partial charge on any atom is -0.478 e. The van der Waals surface area contributed by atoms with Crippen LogP contribution >= 0.6 is 0 Å². The van der Waals surface area contributed by atoms with Gasteiger partial charge >= 0.3 is 5.97 Å². The van der Waals surface area contributed by atoms with Crippen LogP contribution < -0.4 is 20.5 Å². The lowest BCUT2D eigenvalue weighted by Crippen LogP contribution is -2.05. The van der Waals surface area contributed by atoms with Crippen LogP contribution in [-0.4, -0.2) is 17.9 Å². The van der Waals surface area contributed by atoms with Crippen molar-refractivity contribution in [1.29, 1.82) is 0 Å². The number of carbonyl (C=O) groups is 1. The molecule has 1 aliphatic heterocycles. The second kappa shape index (κ2) is 4.90. The van der Waals surface area contributed by atoms with Crippen molar-refractivity contribution in [2.45, 2.75) is 6.92 Å². The largest absolute Gasteiger partial charge is 0.478 e. The van der Waals surface area contributed by atoms with E-state index in [9.17, 15) is 4.79 Å². The van der Waals surface area contributed by atoms with E-state index in [1.54, 1.807) is 25.1 Å². The van der Waals surface area contributed by atoms with Crippen molar-refractivity contribution >= 4 is 23.0 Å². The number of hydrogen-bond acceptors (Lipinski definition) is 5. The average molecular weight is 286 g/mol. The number of carboxylic acids is 1. The monoisotopic (exact) mass is 286 g/mol. The van der Waals surface area contributed by atoms with E-state index in [0.29, 0.717) is 22.7 Å². The van der Waals surface area contributed by atoms with E-state index in [2.05, 4.69) is 5.32 Å². The number of ether oxygens (including phenoxy) is 2. The second-order valence-corrected chi connectivity index (χ2v) is 4.75. The van der Waals surface area contributed by atoms with E-state index in [1.807, 2.05) is 6.07 Å². The first-order valence-electron chi connectivity index (χ1n) is 6.34. The minimum absolute atomic E-state index is 0.0817. The second-order valence-electron chi connectivity index (χ2n) is 4.75. The molecule has 21 heavy (non-hydrogen) atoms. The van der Waals surface area contributed by atoms with Gasteiger partial charge in [-0.1, -0.05) is 0 Å². The molecular formula is C15H14N2O4. The molecule has 6 nitrogen and oxygen atoms in total. The first kappa shape index (κ1) is 13.1. The number of nitrogens with one attached hydrogen (secondary N) is 1. The Labute approximate surface area is 121 Å². The Hall–Kier alpha value is -2.89. The van der Waals surface area contributed by atoms with Crippen LogP contribution in [0.5, 0.6) is 11.5 Å². The Bertz CT molecular complexity index is 728. The Kier molecular flexibility index (Phi) is 3.06. The molecule has 4 N–H and O–H groups in total. The summed E-state index contributed by atoms with van der Waals surface area (Å²) in [7, 11) is 0. The van der Waals surface area contributed by atoms with E-state index in [-0.39, 0.29) is 18.0 Å². The predicted octanol–water partition coefficient (Wildman–Crippen LogP) is 2.75. The Morgan fingerprint density at radius 2 is 1.95 bits per heavy atom. The van der Waals surface area contributed by atoms with E-state index in [4.69, 9.17) is 20.3 Å². The number of nitrogen functional groups attached to an aromatic ring is 1. The fraction of sp³-hybridized carbons (Fsp3) is 0.133. The van der Waals surface area contributed by atoms with Gasteiger partial charge in [0.25, 0.3) is 0 Å². The zero-order valence-electron chi connectivity index (χ0n) is 11.3. The molecule has 6 heteroatoms. The summed E-state index contributed by atoms with van der Waals surface area (Å²) in [5.74, 6) is 0.302. The highest BCUT2D eigenvalue weighted by Gasteiger charge is 2.15. The minimum atomic E-state index is -1.05. The molecule has 0 spiro atoms. The molecule has 0 unspecified atom stereocenters. The van der Waals surface area contributed by atoms with Gasteiger partial charge in [0.1, 0.15) is 0 Å². The number of anilines is 3. The summed E-state index contributed by atoms with van der Waals surface area (Å²) in [6.45, 7) is 1.98. The van der Waals surface area contributed by atoms with Crippen molar-refractivity contribution in [3.8, 4) is 11.5 Å². The number of hydrogen-bond donors (Lipinski definition) is 3. The number of benzene rings is 2. The van der Waals surface area contributed by atoms with Gasteiger partial charge in [0.05, 0.1) is 5.56 Å². The summed E-state index contributed by atoms with van der Waals surface area (Å²) in [6.07, 6.45) is 0. The molecule has 1 aliphatic rings. The molecule has 3 rings (SSSR count). The van der Waals surface area contributed by atoms with Crippen LogP contribution in [0.25, 0.3) is 0 Å². The summed E-state index contributed by atoms with van der Waals surface area (Å²) in [4.78, 5) is 11.2. The highest BCUT2D eigenvalue weighted by atomic mass is 16.7. The summed E-state index contributed by atoms with van der Waals surface area (Å²) in [5.41, 5.74) is 8.27. The molecule has 0 fully saturated rings. The van der Waals surface area contributed by atoms with Crippen LogP contribution in [0.15, 0.2) is 30.3 Å². The SMILES string of the molecule is Cc1cc(Nc2ccc3c(c2)OCO3)cc(C(=O)O)c1N. The summed E-state index contributed by atoms with van der Waals surface area (Å²) >= 11 is 0. The lowest BCUT2D eigenvalue weighted by Gasteiger charge is -2.11. The number of aromatic carboxylic acids is 1. The molecule has 108 valence electrons. The van der Waals surface area contributed by atoms with Crippen LogP contribution in [-0.2, 0) is 0 Å². The molecule has 1 heterocycles. The van der Waals surface area contributed by atoms with Crippen molar-refractivity contribution in [2.24, 2.45) is 0 Å². The van der Waals surface area contributed by atoms with E-state index >= 15 is 0 Å². The molecule has 2 aromatic rings. The summed E-state index contributed by atoms with van der Waals surface area (Å²) < 4.78 is 10.6. The van der Waals surface area contributed by atoms with Crippen molar-refractivity contribution in [3.63, 3.8) is 0 Å². The molecule has 0 aromatic heterocycles. The van der Waals surface area contributed by atoms with Gasteiger partial charge in [-0.25, -0.2) is 4.79 Å². The number of nitrogens with two attached hydrogens (primary N) is 1. The van der Waals surface area contributed by atoms with Crippen LogP contribution in [0.1, 0.15) is 15.9 Å². The standard InChI is InChI=1S/C15H14N2O4/c1-8-4-10(5-11(14(8)16)15(18)19)17-9-2-3-12-13(6-9)21-7-20-12/h2-6,17H,7,16H2,1H3,(H,18,19). The van der Waals surface area contributed by atoms with Gasteiger partial charge in [0.2, 0.25) is 6.79 Å². The molecule has 0 amide bonds. The highest BCUT2D eigenvalue weighted by molar-refractivity contribution is 5.96. The van der Waals surface area contributed by atoms with Crippen molar-refractivity contribution < 1.29 is 19.4 Å². The normalized spacial score (nSPS) is 12.2. The van der Waals surface area contributed by atoms with Crippen LogP contribution in [0.4, 0.5) is 17.1 Å². The maximum atomic E-state index is 11.2. The first-order chi connectivity index (χ1) is 10.0. The zero-order valence-corrected chi connectivity index (χ0v) is 11.3. The molecule has 0 radical (unpaired) electrons. The van der Waals surface area contributed by atoms with Crippen molar-refractivity contribution in [3.05, 3.63) is 41.5 Å². The average Bonchev–Trinajstić information content (AvgIpc) is 2.89. The van der Waals surface area contributed by atoms with E-state index < -0.39 is 5.97 Å². The number of carboxylic acid groups (broad SMARTS) is 1. The molecule has 0 bridgehead atoms. The van der Waals surface area contributed by atoms with E-state index in [1.165, 1.54) is 6.07 Å². The van der Waals surface area contributed by atoms with Gasteiger partial charge in [-0.2, -0.15) is 0 Å².